The number of aromatic amines is 1. The Kier molecular flexibility index (Phi) is 5.31. The van der Waals surface area contributed by atoms with Crippen LogP contribution in [-0.2, 0) is 0 Å². The van der Waals surface area contributed by atoms with E-state index in [2.05, 4.69) is 9.97 Å². The number of aromatic nitrogens is 2. The van der Waals surface area contributed by atoms with Gasteiger partial charge >= 0.3 is 0 Å². The van der Waals surface area contributed by atoms with Crippen molar-refractivity contribution in [3.63, 3.8) is 0 Å². The summed E-state index contributed by atoms with van der Waals surface area (Å²) in [7, 11) is 0. The molecular formula is C14H12IN3O3S. The molecule has 0 saturated carbocycles. The second-order valence-electron chi connectivity index (χ2n) is 4.15. The molecule has 2 N–H and O–H groups in total. The first-order valence-corrected chi connectivity index (χ1v) is 8.56. The maximum absolute atomic E-state index is 12.0. The minimum Gasteiger partial charge on any atom is -0.504 e. The first-order valence-electron chi connectivity index (χ1n) is 6.25. The van der Waals surface area contributed by atoms with E-state index in [1.54, 1.807) is 25.3 Å². The Balaban J connectivity index is 2.74. The van der Waals surface area contributed by atoms with Gasteiger partial charge in [0.2, 0.25) is 0 Å². The zero-order valence-electron chi connectivity index (χ0n) is 11.8. The highest BCUT2D eigenvalue weighted by Crippen LogP contribution is 2.36. The number of halogens is 1. The Morgan fingerprint density at radius 3 is 2.86 bits per heavy atom. The monoisotopic (exact) mass is 429 g/mol. The van der Waals surface area contributed by atoms with Gasteiger partial charge in [0, 0.05) is 5.56 Å². The van der Waals surface area contributed by atoms with Gasteiger partial charge in [0.05, 0.1) is 15.9 Å². The maximum atomic E-state index is 12.0. The van der Waals surface area contributed by atoms with Gasteiger partial charge in [0.25, 0.3) is 5.56 Å². The molecule has 22 heavy (non-hydrogen) atoms. The molecule has 8 heteroatoms. The van der Waals surface area contributed by atoms with Crippen molar-refractivity contribution in [2.24, 2.45) is 0 Å². The van der Waals surface area contributed by atoms with E-state index in [4.69, 9.17) is 4.74 Å². The number of hydrogen-bond donors (Lipinski definition) is 2. The van der Waals surface area contributed by atoms with Crippen molar-refractivity contribution in [2.75, 3.05) is 12.9 Å². The summed E-state index contributed by atoms with van der Waals surface area (Å²) < 4.78 is 5.93. The van der Waals surface area contributed by atoms with E-state index in [0.717, 1.165) is 0 Å². The summed E-state index contributed by atoms with van der Waals surface area (Å²) in [6.45, 7) is 2.19. The van der Waals surface area contributed by atoms with Crippen molar-refractivity contribution in [3.05, 3.63) is 31.6 Å². The average molecular weight is 429 g/mol. The molecule has 0 spiro atoms. The van der Waals surface area contributed by atoms with Gasteiger partial charge in [-0.1, -0.05) is 11.8 Å². The predicted octanol–water partition coefficient (Wildman–Crippen LogP) is 2.74. The van der Waals surface area contributed by atoms with Gasteiger partial charge < -0.3 is 14.8 Å². The van der Waals surface area contributed by atoms with Crippen LogP contribution in [0, 0.1) is 14.9 Å². The summed E-state index contributed by atoms with van der Waals surface area (Å²) in [6, 6.07) is 5.11. The van der Waals surface area contributed by atoms with E-state index in [1.165, 1.54) is 11.8 Å². The third kappa shape index (κ3) is 3.20. The fourth-order valence-corrected chi connectivity index (χ4v) is 2.82. The van der Waals surface area contributed by atoms with Crippen LogP contribution in [0.15, 0.2) is 22.1 Å². The lowest BCUT2D eigenvalue weighted by Crippen LogP contribution is -2.14. The summed E-state index contributed by atoms with van der Waals surface area (Å²) in [4.78, 5) is 18.8. The molecule has 6 nitrogen and oxygen atoms in total. The molecule has 0 radical (unpaired) electrons. The van der Waals surface area contributed by atoms with Crippen LogP contribution in [0.4, 0.5) is 0 Å². The van der Waals surface area contributed by atoms with E-state index in [9.17, 15) is 15.2 Å². The molecule has 1 heterocycles. The lowest BCUT2D eigenvalue weighted by molar-refractivity contribution is 0.317. The average Bonchev–Trinajstić information content (AvgIpc) is 2.50. The normalized spacial score (nSPS) is 10.3. The van der Waals surface area contributed by atoms with Crippen molar-refractivity contribution in [1.82, 2.24) is 9.97 Å². The number of nitriles is 1. The number of H-pyrrole nitrogens is 1. The summed E-state index contributed by atoms with van der Waals surface area (Å²) >= 11 is 3.23. The van der Waals surface area contributed by atoms with Crippen LogP contribution in [0.25, 0.3) is 11.3 Å². The second kappa shape index (κ2) is 7.02. The first kappa shape index (κ1) is 16.6. The zero-order valence-corrected chi connectivity index (χ0v) is 14.8. The number of ether oxygens (including phenoxy) is 1. The molecule has 1 aromatic heterocycles. The minimum absolute atomic E-state index is 0.0274. The number of hydrogen-bond acceptors (Lipinski definition) is 6. The van der Waals surface area contributed by atoms with Gasteiger partial charge in [-0.2, -0.15) is 5.26 Å². The van der Waals surface area contributed by atoms with Crippen LogP contribution < -0.4 is 10.3 Å². The third-order valence-corrected chi connectivity index (χ3v) is 4.21. The molecule has 1 aromatic carbocycles. The second-order valence-corrected chi connectivity index (χ2v) is 6.11. The van der Waals surface area contributed by atoms with Crippen LogP contribution in [-0.4, -0.2) is 27.9 Å². The van der Waals surface area contributed by atoms with E-state index in [1.807, 2.05) is 28.7 Å². The largest absolute Gasteiger partial charge is 0.504 e. The molecule has 0 unspecified atom stereocenters. The van der Waals surface area contributed by atoms with E-state index in [-0.39, 0.29) is 17.0 Å². The van der Waals surface area contributed by atoms with Crippen LogP contribution >= 0.6 is 34.4 Å². The molecule has 2 aromatic rings. The Hall–Kier alpha value is -1.73. The van der Waals surface area contributed by atoms with Crippen molar-refractivity contribution in [2.45, 2.75) is 12.1 Å². The standard InChI is InChI=1S/C14H12IN3O3S/c1-3-21-10-5-7(4-9(15)12(10)19)11-8(6-16)13(20)18-14(17-11)22-2/h4-5,19H,3H2,1-2H3,(H,17,18,20). The Bertz CT molecular complexity index is 814. The maximum Gasteiger partial charge on any atom is 0.270 e. The molecule has 0 bridgehead atoms. The van der Waals surface area contributed by atoms with Crippen LogP contribution in [0.3, 0.4) is 0 Å². The lowest BCUT2D eigenvalue weighted by atomic mass is 10.1. The van der Waals surface area contributed by atoms with Gasteiger partial charge in [0.1, 0.15) is 11.6 Å². The highest BCUT2D eigenvalue weighted by molar-refractivity contribution is 14.1. The number of nitrogens with one attached hydrogen (secondary N) is 1. The topological polar surface area (TPSA) is 99.0 Å². The summed E-state index contributed by atoms with van der Waals surface area (Å²) in [5.41, 5.74) is 0.262. The van der Waals surface area contributed by atoms with Gasteiger partial charge in [-0.3, -0.25) is 4.79 Å². The zero-order chi connectivity index (χ0) is 16.3. The van der Waals surface area contributed by atoms with Crippen molar-refractivity contribution >= 4 is 34.4 Å². The van der Waals surface area contributed by atoms with E-state index < -0.39 is 5.56 Å². The summed E-state index contributed by atoms with van der Waals surface area (Å²) in [5.74, 6) is 0.320. The lowest BCUT2D eigenvalue weighted by Gasteiger charge is -2.11. The molecule has 114 valence electrons. The Morgan fingerprint density at radius 1 is 1.55 bits per heavy atom. The van der Waals surface area contributed by atoms with Crippen LogP contribution in [0.5, 0.6) is 11.5 Å². The number of benzene rings is 1. The predicted molar refractivity (Wildman–Crippen MR) is 92.3 cm³/mol. The number of phenols is 1. The summed E-state index contributed by atoms with van der Waals surface area (Å²) in [6.07, 6.45) is 1.78. The molecule has 0 aliphatic heterocycles. The number of phenolic OH excluding ortho intramolecular Hbond substituents is 1. The number of rotatable bonds is 4. The van der Waals surface area contributed by atoms with Crippen LogP contribution in [0.2, 0.25) is 0 Å². The summed E-state index contributed by atoms with van der Waals surface area (Å²) in [5, 5.41) is 19.6. The highest BCUT2D eigenvalue weighted by Gasteiger charge is 2.17. The molecular weight excluding hydrogens is 417 g/mol. The van der Waals surface area contributed by atoms with Crippen molar-refractivity contribution < 1.29 is 9.84 Å². The van der Waals surface area contributed by atoms with Gasteiger partial charge in [-0.25, -0.2) is 4.98 Å². The molecule has 0 fully saturated rings. The first-order chi connectivity index (χ1) is 10.5. The van der Waals surface area contributed by atoms with E-state index in [0.29, 0.717) is 26.6 Å². The fraction of sp³-hybridized carbons (Fsp3) is 0.214. The third-order valence-electron chi connectivity index (χ3n) is 2.80. The van der Waals surface area contributed by atoms with Gasteiger partial charge in [0.15, 0.2) is 16.7 Å². The smallest absolute Gasteiger partial charge is 0.270 e. The van der Waals surface area contributed by atoms with Gasteiger partial charge in [-0.05, 0) is 47.9 Å². The van der Waals surface area contributed by atoms with Crippen LogP contribution in [0.1, 0.15) is 12.5 Å². The molecule has 0 saturated heterocycles. The quantitative estimate of drug-likeness (QED) is 0.441. The van der Waals surface area contributed by atoms with E-state index >= 15 is 0 Å². The Labute approximate surface area is 144 Å². The molecule has 0 atom stereocenters. The molecule has 0 aliphatic rings. The molecule has 2 rings (SSSR count). The number of nitrogens with zero attached hydrogens (tertiary/aromatic N) is 2. The highest BCUT2D eigenvalue weighted by atomic mass is 127. The molecule has 0 aliphatic carbocycles. The minimum atomic E-state index is -0.488. The van der Waals surface area contributed by atoms with Crippen molar-refractivity contribution in [1.29, 1.82) is 5.26 Å². The fourth-order valence-electron chi connectivity index (χ4n) is 1.84. The Morgan fingerprint density at radius 2 is 2.27 bits per heavy atom. The van der Waals surface area contributed by atoms with Crippen molar-refractivity contribution in [3.8, 4) is 28.8 Å². The number of thioether (sulfide) groups is 1. The SMILES string of the molecule is CCOc1cc(-c2nc(SC)[nH]c(=O)c2C#N)cc(I)c1O. The van der Waals surface area contributed by atoms with Gasteiger partial charge in [-0.15, -0.1) is 0 Å². The molecule has 0 amide bonds. The number of aromatic hydroxyl groups is 1.